The molecule has 3 fully saturated rings. The Labute approximate surface area is 119 Å². The molecule has 110 valence electrons. The van der Waals surface area contributed by atoms with Gasteiger partial charge in [-0.05, 0) is 70.4 Å². The van der Waals surface area contributed by atoms with Gasteiger partial charge in [-0.25, -0.2) is 0 Å². The minimum absolute atomic E-state index is 0.870. The van der Waals surface area contributed by atoms with Gasteiger partial charge in [-0.1, -0.05) is 19.8 Å². The van der Waals surface area contributed by atoms with Crippen LogP contribution in [0.4, 0.5) is 0 Å². The molecule has 0 amide bonds. The second kappa shape index (κ2) is 6.58. The highest BCUT2D eigenvalue weighted by atomic mass is 15.2. The van der Waals surface area contributed by atoms with E-state index in [0.717, 1.165) is 24.0 Å². The fourth-order valence-corrected chi connectivity index (χ4v) is 4.75. The molecule has 1 N–H and O–H groups in total. The zero-order valence-corrected chi connectivity index (χ0v) is 12.7. The third-order valence-corrected chi connectivity index (χ3v) is 5.87. The standard InChI is InChI=1S/C17H32N2/c1-2-17-6-4-3-5-10-19(17)11-9-14-12-15-7-8-16(13-14)18-15/h14-18H,2-13H2,1H3. The number of likely N-dealkylation sites (tertiary alicyclic amines) is 1. The van der Waals surface area contributed by atoms with Crippen LogP contribution >= 0.6 is 0 Å². The normalized spacial score (nSPS) is 40.3. The van der Waals surface area contributed by atoms with E-state index in [0.29, 0.717) is 0 Å². The van der Waals surface area contributed by atoms with Crippen LogP contribution in [0, 0.1) is 5.92 Å². The summed E-state index contributed by atoms with van der Waals surface area (Å²) in [5.41, 5.74) is 0. The van der Waals surface area contributed by atoms with Gasteiger partial charge in [0.05, 0.1) is 0 Å². The Morgan fingerprint density at radius 3 is 2.53 bits per heavy atom. The molecule has 3 aliphatic heterocycles. The third-order valence-electron chi connectivity index (χ3n) is 5.87. The minimum atomic E-state index is 0.870. The Morgan fingerprint density at radius 1 is 1.00 bits per heavy atom. The second-order valence-electron chi connectivity index (χ2n) is 7.21. The summed E-state index contributed by atoms with van der Waals surface area (Å²) in [5.74, 6) is 1.01. The molecule has 2 heteroatoms. The van der Waals surface area contributed by atoms with Crippen molar-refractivity contribution in [2.45, 2.75) is 89.3 Å². The van der Waals surface area contributed by atoms with Crippen molar-refractivity contribution in [3.05, 3.63) is 0 Å². The summed E-state index contributed by atoms with van der Waals surface area (Å²) >= 11 is 0. The maximum absolute atomic E-state index is 3.77. The van der Waals surface area contributed by atoms with E-state index < -0.39 is 0 Å². The Bertz CT molecular complexity index is 266. The van der Waals surface area contributed by atoms with Gasteiger partial charge in [-0.2, -0.15) is 0 Å². The third kappa shape index (κ3) is 3.52. The van der Waals surface area contributed by atoms with E-state index in [1.165, 1.54) is 77.3 Å². The lowest BCUT2D eigenvalue weighted by molar-refractivity contribution is 0.168. The Hall–Kier alpha value is -0.0800. The van der Waals surface area contributed by atoms with Gasteiger partial charge < -0.3 is 10.2 Å². The fraction of sp³-hybridized carbons (Fsp3) is 1.00. The van der Waals surface area contributed by atoms with Crippen LogP contribution in [0.15, 0.2) is 0 Å². The number of piperidine rings is 1. The van der Waals surface area contributed by atoms with Gasteiger partial charge in [0.1, 0.15) is 0 Å². The van der Waals surface area contributed by atoms with Crippen molar-refractivity contribution < 1.29 is 0 Å². The van der Waals surface area contributed by atoms with Gasteiger partial charge in [0.2, 0.25) is 0 Å². The van der Waals surface area contributed by atoms with Gasteiger partial charge in [0, 0.05) is 18.1 Å². The number of rotatable bonds is 4. The summed E-state index contributed by atoms with van der Waals surface area (Å²) in [6.07, 6.45) is 14.5. The smallest absolute Gasteiger partial charge is 0.00926 e. The van der Waals surface area contributed by atoms with E-state index in [2.05, 4.69) is 17.1 Å². The molecule has 0 aromatic rings. The molecule has 0 radical (unpaired) electrons. The van der Waals surface area contributed by atoms with E-state index in [-0.39, 0.29) is 0 Å². The van der Waals surface area contributed by atoms with Crippen LogP contribution in [0.3, 0.4) is 0 Å². The number of fused-ring (bicyclic) bond motifs is 2. The van der Waals surface area contributed by atoms with Crippen LogP contribution in [0.25, 0.3) is 0 Å². The molecule has 0 saturated carbocycles. The summed E-state index contributed by atoms with van der Waals surface area (Å²) in [4.78, 5) is 2.83. The first-order chi connectivity index (χ1) is 9.35. The first-order valence-corrected chi connectivity index (χ1v) is 8.85. The first kappa shape index (κ1) is 13.9. The highest BCUT2D eigenvalue weighted by Crippen LogP contribution is 2.33. The molecule has 3 unspecified atom stereocenters. The van der Waals surface area contributed by atoms with E-state index in [1.54, 1.807) is 0 Å². The molecule has 0 spiro atoms. The van der Waals surface area contributed by atoms with Crippen LogP contribution in [-0.4, -0.2) is 36.1 Å². The molecule has 3 saturated heterocycles. The summed E-state index contributed by atoms with van der Waals surface area (Å²) < 4.78 is 0. The Morgan fingerprint density at radius 2 is 1.79 bits per heavy atom. The average Bonchev–Trinajstić information content (AvgIpc) is 2.66. The average molecular weight is 264 g/mol. The van der Waals surface area contributed by atoms with Crippen molar-refractivity contribution in [1.29, 1.82) is 0 Å². The monoisotopic (exact) mass is 264 g/mol. The predicted molar refractivity (Wildman–Crippen MR) is 81.4 cm³/mol. The van der Waals surface area contributed by atoms with Crippen molar-refractivity contribution in [2.75, 3.05) is 13.1 Å². The van der Waals surface area contributed by atoms with Gasteiger partial charge in [0.15, 0.2) is 0 Å². The molecule has 3 atom stereocenters. The van der Waals surface area contributed by atoms with Gasteiger partial charge >= 0.3 is 0 Å². The molecule has 0 aromatic carbocycles. The van der Waals surface area contributed by atoms with Crippen molar-refractivity contribution in [2.24, 2.45) is 5.92 Å². The van der Waals surface area contributed by atoms with E-state index in [1.807, 2.05) is 0 Å². The molecule has 2 nitrogen and oxygen atoms in total. The summed E-state index contributed by atoms with van der Waals surface area (Å²) in [5, 5.41) is 3.77. The summed E-state index contributed by atoms with van der Waals surface area (Å²) in [7, 11) is 0. The second-order valence-corrected chi connectivity index (χ2v) is 7.21. The van der Waals surface area contributed by atoms with Crippen molar-refractivity contribution >= 4 is 0 Å². The zero-order chi connectivity index (χ0) is 13.1. The van der Waals surface area contributed by atoms with Gasteiger partial charge in [-0.15, -0.1) is 0 Å². The molecule has 0 aromatic heterocycles. The Balaban J connectivity index is 1.47. The predicted octanol–water partition coefficient (Wildman–Crippen LogP) is 3.56. The van der Waals surface area contributed by atoms with Gasteiger partial charge in [-0.3, -0.25) is 0 Å². The molecule has 0 aliphatic carbocycles. The summed E-state index contributed by atoms with van der Waals surface area (Å²) in [6, 6.07) is 2.63. The number of nitrogens with one attached hydrogen (secondary N) is 1. The van der Waals surface area contributed by atoms with Crippen LogP contribution in [0.5, 0.6) is 0 Å². The maximum atomic E-state index is 3.77. The van der Waals surface area contributed by atoms with Crippen LogP contribution in [0.2, 0.25) is 0 Å². The number of nitrogens with zero attached hydrogens (tertiary/aromatic N) is 1. The van der Waals surface area contributed by atoms with Crippen molar-refractivity contribution in [3.63, 3.8) is 0 Å². The zero-order valence-electron chi connectivity index (χ0n) is 12.7. The van der Waals surface area contributed by atoms with E-state index >= 15 is 0 Å². The maximum Gasteiger partial charge on any atom is 0.00926 e. The molecule has 3 heterocycles. The molecule has 3 rings (SSSR count). The minimum Gasteiger partial charge on any atom is -0.311 e. The lowest BCUT2D eigenvalue weighted by atomic mass is 9.89. The quantitative estimate of drug-likeness (QED) is 0.835. The highest BCUT2D eigenvalue weighted by Gasteiger charge is 2.33. The Kier molecular flexibility index (Phi) is 4.81. The largest absolute Gasteiger partial charge is 0.311 e. The summed E-state index contributed by atoms with van der Waals surface area (Å²) in [6.45, 7) is 5.13. The molecule has 2 bridgehead atoms. The van der Waals surface area contributed by atoms with Gasteiger partial charge in [0.25, 0.3) is 0 Å². The van der Waals surface area contributed by atoms with E-state index in [9.17, 15) is 0 Å². The fourth-order valence-electron chi connectivity index (χ4n) is 4.75. The lowest BCUT2D eigenvalue weighted by Gasteiger charge is -2.33. The lowest BCUT2D eigenvalue weighted by Crippen LogP contribution is -2.40. The van der Waals surface area contributed by atoms with Crippen LogP contribution in [-0.2, 0) is 0 Å². The molecule has 3 aliphatic rings. The van der Waals surface area contributed by atoms with Crippen LogP contribution in [0.1, 0.15) is 71.1 Å². The molecular formula is C17H32N2. The van der Waals surface area contributed by atoms with Crippen LogP contribution < -0.4 is 5.32 Å². The molecular weight excluding hydrogens is 232 g/mol. The molecule has 19 heavy (non-hydrogen) atoms. The number of hydrogen-bond acceptors (Lipinski definition) is 2. The number of hydrogen-bond donors (Lipinski definition) is 1. The SMILES string of the molecule is CCC1CCCCCN1CCC1CC2CCC(C1)N2. The highest BCUT2D eigenvalue weighted by molar-refractivity contribution is 4.92. The first-order valence-electron chi connectivity index (χ1n) is 8.85. The van der Waals surface area contributed by atoms with Crippen molar-refractivity contribution in [3.8, 4) is 0 Å². The van der Waals surface area contributed by atoms with Crippen molar-refractivity contribution in [1.82, 2.24) is 10.2 Å². The van der Waals surface area contributed by atoms with E-state index in [4.69, 9.17) is 0 Å². The topological polar surface area (TPSA) is 15.3 Å².